The quantitative estimate of drug-likeness (QED) is 0.549. The normalized spacial score (nSPS) is 16.8. The van der Waals surface area contributed by atoms with Crippen molar-refractivity contribution >= 4 is 22.2 Å². The summed E-state index contributed by atoms with van der Waals surface area (Å²) in [5.74, 6) is 0. The van der Waals surface area contributed by atoms with Crippen molar-refractivity contribution < 1.29 is 19.4 Å². The van der Waals surface area contributed by atoms with E-state index >= 15 is 0 Å². The summed E-state index contributed by atoms with van der Waals surface area (Å²) in [4.78, 5) is -1.85. The van der Waals surface area contributed by atoms with E-state index in [-0.39, 0.29) is 4.75 Å². The number of rotatable bonds is 4. The Morgan fingerprint density at radius 2 is 1.47 bits per heavy atom. The van der Waals surface area contributed by atoms with Gasteiger partial charge in [0.1, 0.15) is 4.90 Å². The molecule has 0 saturated carbocycles. The number of hydrogen-bond acceptors (Lipinski definition) is 2. The van der Waals surface area contributed by atoms with Gasteiger partial charge in [-0.05, 0) is 38.5 Å². The fraction of sp³-hybridized carbons (Fsp3) is 0.455. The van der Waals surface area contributed by atoms with E-state index in [2.05, 4.69) is 4.72 Å². The molecule has 0 heterocycles. The zero-order valence-corrected chi connectivity index (χ0v) is 12.4. The molecule has 0 fully saturated rings. The van der Waals surface area contributed by atoms with Crippen LogP contribution in [0.4, 0.5) is 19.4 Å². The molecule has 0 unspecified atom stereocenters. The Morgan fingerprint density at radius 1 is 1.00 bits per heavy atom. The highest BCUT2D eigenvalue weighted by Gasteiger charge is 2.65. The van der Waals surface area contributed by atoms with Crippen molar-refractivity contribution in [2.24, 2.45) is 0 Å². The molecular weight excluding hydrogens is 305 g/mol. The fourth-order valence-corrected chi connectivity index (χ4v) is 2.52. The molecule has 0 saturated heterocycles. The van der Waals surface area contributed by atoms with Crippen LogP contribution >= 0.6 is 22.2 Å². The lowest BCUT2D eigenvalue weighted by Gasteiger charge is -2.40. The van der Waals surface area contributed by atoms with E-state index in [1.54, 1.807) is 0 Å². The number of halogens is 5. The van der Waals surface area contributed by atoms with Crippen LogP contribution in [0, 0.1) is 0 Å². The highest BCUT2D eigenvalue weighted by atomic mass is 32.5. The lowest BCUT2D eigenvalue weighted by molar-refractivity contribution is 0.364. The summed E-state index contributed by atoms with van der Waals surface area (Å²) in [6.07, 6.45) is 0. The van der Waals surface area contributed by atoms with E-state index in [9.17, 15) is 19.4 Å². The second kappa shape index (κ2) is 4.26. The first-order chi connectivity index (χ1) is 8.17. The molecule has 1 aromatic rings. The maximum absolute atomic E-state index is 12.5. The van der Waals surface area contributed by atoms with Crippen LogP contribution in [0.25, 0.3) is 0 Å². The molecule has 8 heteroatoms. The van der Waals surface area contributed by atoms with Crippen LogP contribution in [0.1, 0.15) is 26.3 Å². The van der Waals surface area contributed by atoms with E-state index in [4.69, 9.17) is 0 Å². The van der Waals surface area contributed by atoms with Gasteiger partial charge in [-0.25, -0.2) is 0 Å². The van der Waals surface area contributed by atoms with Crippen LogP contribution in [0.15, 0.2) is 29.2 Å². The second-order valence-corrected chi connectivity index (χ2v) is 9.28. The van der Waals surface area contributed by atoms with Gasteiger partial charge in [-0.1, -0.05) is 43.5 Å². The molecule has 1 aromatic carbocycles. The second-order valence-electron chi connectivity index (χ2n) is 5.15. The summed E-state index contributed by atoms with van der Waals surface area (Å²) in [5.41, 5.74) is 0.516. The fourth-order valence-electron chi connectivity index (χ4n) is 1.20. The SMILES string of the molecule is CC(C)(C)SNCc1ccc(S(F)(F)(F)(F)F)cc1. The number of hydrogen-bond donors (Lipinski definition) is 1. The molecule has 1 N–H and O–H groups in total. The first-order valence-corrected chi connectivity index (χ1v) is 8.18. The maximum atomic E-state index is 12.5. The standard InChI is InChI=1S/C11H16F5NS2/c1-11(2,3)18-17-8-9-4-6-10(7-5-9)19(12,13,14,15)16/h4-7,17H,8H2,1-3H3. The molecule has 0 aliphatic carbocycles. The molecule has 112 valence electrons. The van der Waals surface area contributed by atoms with Crippen LogP contribution in [-0.4, -0.2) is 4.75 Å². The molecule has 1 rings (SSSR count). The largest absolute Gasteiger partial charge is 0.310 e. The highest BCUT2D eigenvalue weighted by molar-refractivity contribution is 8.45. The van der Waals surface area contributed by atoms with Crippen LogP contribution in [-0.2, 0) is 6.54 Å². The predicted molar refractivity (Wildman–Crippen MR) is 72.0 cm³/mol. The maximum Gasteiger partial charge on any atom is 0.310 e. The lowest BCUT2D eigenvalue weighted by Crippen LogP contribution is -2.16. The van der Waals surface area contributed by atoms with E-state index in [0.29, 0.717) is 24.2 Å². The van der Waals surface area contributed by atoms with Crippen molar-refractivity contribution in [1.29, 1.82) is 0 Å². The molecule has 0 spiro atoms. The Hall–Kier alpha value is -0.470. The topological polar surface area (TPSA) is 12.0 Å². The van der Waals surface area contributed by atoms with Crippen molar-refractivity contribution in [3.63, 3.8) is 0 Å². The number of benzene rings is 1. The van der Waals surface area contributed by atoms with Gasteiger partial charge in [0, 0.05) is 11.3 Å². The zero-order chi connectivity index (χ0) is 15.0. The van der Waals surface area contributed by atoms with Crippen LogP contribution in [0.5, 0.6) is 0 Å². The van der Waals surface area contributed by atoms with E-state index in [1.807, 2.05) is 20.8 Å². The van der Waals surface area contributed by atoms with Crippen molar-refractivity contribution in [3.8, 4) is 0 Å². The monoisotopic (exact) mass is 321 g/mol. The number of nitrogens with one attached hydrogen (secondary N) is 1. The van der Waals surface area contributed by atoms with Crippen LogP contribution in [0.2, 0.25) is 0 Å². The van der Waals surface area contributed by atoms with Gasteiger partial charge in [-0.2, -0.15) is 0 Å². The Bertz CT molecular complexity index is 446. The van der Waals surface area contributed by atoms with Crippen molar-refractivity contribution in [3.05, 3.63) is 29.8 Å². The van der Waals surface area contributed by atoms with Gasteiger partial charge >= 0.3 is 10.2 Å². The van der Waals surface area contributed by atoms with Crippen LogP contribution in [0.3, 0.4) is 0 Å². The molecule has 0 bridgehead atoms. The van der Waals surface area contributed by atoms with Gasteiger partial charge in [0.15, 0.2) is 0 Å². The molecule has 0 atom stereocenters. The highest BCUT2D eigenvalue weighted by Crippen LogP contribution is 3.02. The van der Waals surface area contributed by atoms with Crippen molar-refractivity contribution in [1.82, 2.24) is 4.72 Å². The summed E-state index contributed by atoms with van der Waals surface area (Å²) >= 11 is 1.42. The summed E-state index contributed by atoms with van der Waals surface area (Å²) in [6, 6.07) is 2.98. The summed E-state index contributed by atoms with van der Waals surface area (Å²) < 4.78 is 65.3. The Morgan fingerprint density at radius 3 is 1.84 bits per heavy atom. The molecule has 1 nitrogen and oxygen atoms in total. The molecular formula is C11H16F5NS2. The predicted octanol–water partition coefficient (Wildman–Crippen LogP) is 5.88. The first-order valence-electron chi connectivity index (χ1n) is 5.41. The molecule has 0 amide bonds. The smallest absolute Gasteiger partial charge is 0.259 e. The molecule has 0 aliphatic rings. The van der Waals surface area contributed by atoms with Crippen molar-refractivity contribution in [2.75, 3.05) is 0 Å². The zero-order valence-electron chi connectivity index (χ0n) is 10.7. The minimum absolute atomic E-state index is 0.0379. The van der Waals surface area contributed by atoms with Gasteiger partial charge in [0.25, 0.3) is 0 Å². The Labute approximate surface area is 113 Å². The van der Waals surface area contributed by atoms with Crippen molar-refractivity contribution in [2.45, 2.75) is 37.0 Å². The Kier molecular flexibility index (Phi) is 3.72. The average Bonchev–Trinajstić information content (AvgIpc) is 2.12. The van der Waals surface area contributed by atoms with Gasteiger partial charge in [0.05, 0.1) is 0 Å². The van der Waals surface area contributed by atoms with Gasteiger partial charge in [0.2, 0.25) is 0 Å². The van der Waals surface area contributed by atoms with E-state index in [0.717, 1.165) is 12.1 Å². The molecule has 0 aliphatic heterocycles. The minimum Gasteiger partial charge on any atom is -0.259 e. The summed E-state index contributed by atoms with van der Waals surface area (Å²) in [7, 11) is -9.55. The molecule has 19 heavy (non-hydrogen) atoms. The third-order valence-electron chi connectivity index (χ3n) is 2.02. The lowest BCUT2D eigenvalue weighted by atomic mass is 10.2. The van der Waals surface area contributed by atoms with Gasteiger partial charge in [-0.15, -0.1) is 0 Å². The van der Waals surface area contributed by atoms with Gasteiger partial charge < -0.3 is 0 Å². The minimum atomic E-state index is -9.55. The van der Waals surface area contributed by atoms with E-state index < -0.39 is 15.1 Å². The molecule has 0 aromatic heterocycles. The van der Waals surface area contributed by atoms with Crippen LogP contribution < -0.4 is 4.72 Å². The Balaban J connectivity index is 2.74. The third kappa shape index (κ3) is 6.01. The summed E-state index contributed by atoms with van der Waals surface area (Å²) in [5, 5.41) is 0. The summed E-state index contributed by atoms with van der Waals surface area (Å²) in [6.45, 7) is 6.23. The first kappa shape index (κ1) is 16.6. The average molecular weight is 321 g/mol. The van der Waals surface area contributed by atoms with E-state index in [1.165, 1.54) is 11.9 Å². The molecule has 0 radical (unpaired) electrons. The van der Waals surface area contributed by atoms with Gasteiger partial charge in [-0.3, -0.25) is 4.72 Å². The third-order valence-corrected chi connectivity index (χ3v) is 4.09.